The second-order valence-corrected chi connectivity index (χ2v) is 8.45. The molecular weight excluding hydrogens is 392 g/mol. The van der Waals surface area contributed by atoms with E-state index in [0.29, 0.717) is 29.7 Å². The minimum Gasteiger partial charge on any atom is -0.486 e. The summed E-state index contributed by atoms with van der Waals surface area (Å²) in [7, 11) is -2.48. The van der Waals surface area contributed by atoms with E-state index in [2.05, 4.69) is 5.32 Å². The van der Waals surface area contributed by atoms with Crippen molar-refractivity contribution in [3.8, 4) is 11.5 Å². The average Bonchev–Trinajstić information content (AvgIpc) is 2.67. The van der Waals surface area contributed by atoms with Gasteiger partial charge in [-0.1, -0.05) is 23.7 Å². The van der Waals surface area contributed by atoms with Crippen molar-refractivity contribution in [2.45, 2.75) is 11.4 Å². The van der Waals surface area contributed by atoms with E-state index in [0.717, 1.165) is 9.87 Å². The maximum Gasteiger partial charge on any atom is 0.243 e. The third-order valence-electron chi connectivity index (χ3n) is 3.99. The smallest absolute Gasteiger partial charge is 0.243 e. The number of fused-ring (bicyclic) bond motifs is 1. The SMILES string of the molecule is CN(CC(=O)NCc1ccc(Cl)cc1)S(=O)(=O)c1ccc2c(c1)OCCO2. The van der Waals surface area contributed by atoms with Crippen LogP contribution in [0, 0.1) is 0 Å². The van der Waals surface area contributed by atoms with Gasteiger partial charge in [-0.15, -0.1) is 0 Å². The van der Waals surface area contributed by atoms with Gasteiger partial charge in [-0.05, 0) is 29.8 Å². The Morgan fingerprint density at radius 1 is 1.11 bits per heavy atom. The number of nitrogens with zero attached hydrogens (tertiary/aromatic N) is 1. The van der Waals surface area contributed by atoms with E-state index in [-0.39, 0.29) is 18.0 Å². The molecule has 2 aromatic rings. The standard InChI is InChI=1S/C18H19ClN2O5S/c1-21(12-18(22)20-11-13-2-4-14(19)5-3-13)27(23,24)15-6-7-16-17(10-15)26-9-8-25-16/h2-7,10H,8-9,11-12H2,1H3,(H,20,22). The maximum absolute atomic E-state index is 12.7. The Hall–Kier alpha value is -2.29. The quantitative estimate of drug-likeness (QED) is 0.787. The fraction of sp³-hybridized carbons (Fsp3) is 0.278. The molecule has 0 saturated heterocycles. The number of benzene rings is 2. The molecule has 3 rings (SSSR count). The van der Waals surface area contributed by atoms with E-state index in [4.69, 9.17) is 21.1 Å². The molecule has 0 fully saturated rings. The summed E-state index contributed by atoms with van der Waals surface area (Å²) in [5.41, 5.74) is 0.866. The maximum atomic E-state index is 12.7. The first-order valence-corrected chi connectivity index (χ1v) is 10.1. The van der Waals surface area contributed by atoms with Crippen molar-refractivity contribution < 1.29 is 22.7 Å². The number of halogens is 1. The summed E-state index contributed by atoms with van der Waals surface area (Å²) in [4.78, 5) is 12.2. The van der Waals surface area contributed by atoms with Crippen molar-refractivity contribution in [1.29, 1.82) is 0 Å². The van der Waals surface area contributed by atoms with Gasteiger partial charge in [-0.25, -0.2) is 8.42 Å². The summed E-state index contributed by atoms with van der Waals surface area (Å²) >= 11 is 5.82. The van der Waals surface area contributed by atoms with Gasteiger partial charge in [0, 0.05) is 24.7 Å². The number of amides is 1. The van der Waals surface area contributed by atoms with Crippen molar-refractivity contribution in [2.24, 2.45) is 0 Å². The number of ether oxygens (including phenoxy) is 2. The topological polar surface area (TPSA) is 84.9 Å². The number of carbonyl (C=O) groups is 1. The first-order valence-electron chi connectivity index (χ1n) is 8.23. The minimum atomic E-state index is -3.84. The summed E-state index contributed by atoms with van der Waals surface area (Å²) in [5.74, 6) is 0.472. The van der Waals surface area contributed by atoms with Crippen LogP contribution in [0.3, 0.4) is 0 Å². The average molecular weight is 411 g/mol. The molecule has 27 heavy (non-hydrogen) atoms. The molecule has 9 heteroatoms. The predicted molar refractivity (Wildman–Crippen MR) is 101 cm³/mol. The molecule has 2 aromatic carbocycles. The predicted octanol–water partition coefficient (Wildman–Crippen LogP) is 2.05. The molecule has 1 N–H and O–H groups in total. The lowest BCUT2D eigenvalue weighted by Gasteiger charge is -2.21. The molecule has 1 aliphatic heterocycles. The monoisotopic (exact) mass is 410 g/mol. The van der Waals surface area contributed by atoms with Gasteiger partial charge in [0.25, 0.3) is 0 Å². The number of rotatable bonds is 6. The fourth-order valence-electron chi connectivity index (χ4n) is 2.51. The van der Waals surface area contributed by atoms with Crippen molar-refractivity contribution in [3.63, 3.8) is 0 Å². The summed E-state index contributed by atoms with van der Waals surface area (Å²) < 4.78 is 37.2. The molecule has 0 spiro atoms. The van der Waals surface area contributed by atoms with Crippen molar-refractivity contribution in [3.05, 3.63) is 53.1 Å². The Morgan fingerprint density at radius 2 is 1.78 bits per heavy atom. The van der Waals surface area contributed by atoms with E-state index in [1.807, 2.05) is 0 Å². The highest BCUT2D eigenvalue weighted by Gasteiger charge is 2.25. The van der Waals surface area contributed by atoms with E-state index in [9.17, 15) is 13.2 Å². The molecular formula is C18H19ClN2O5S. The largest absolute Gasteiger partial charge is 0.486 e. The number of carbonyl (C=O) groups excluding carboxylic acids is 1. The Labute approximate surface area is 162 Å². The first kappa shape index (κ1) is 19.5. The molecule has 0 unspecified atom stereocenters. The van der Waals surface area contributed by atoms with Crippen LogP contribution in [-0.2, 0) is 21.4 Å². The second-order valence-electron chi connectivity index (χ2n) is 5.97. The highest BCUT2D eigenvalue weighted by atomic mass is 35.5. The highest BCUT2D eigenvalue weighted by molar-refractivity contribution is 7.89. The van der Waals surface area contributed by atoms with Crippen molar-refractivity contribution in [2.75, 3.05) is 26.8 Å². The third-order valence-corrected chi connectivity index (χ3v) is 6.04. The molecule has 0 radical (unpaired) electrons. The number of nitrogens with one attached hydrogen (secondary N) is 1. The van der Waals surface area contributed by atoms with Crippen LogP contribution in [0.25, 0.3) is 0 Å². The van der Waals surface area contributed by atoms with E-state index in [1.54, 1.807) is 30.3 Å². The van der Waals surface area contributed by atoms with Crippen molar-refractivity contribution in [1.82, 2.24) is 9.62 Å². The zero-order chi connectivity index (χ0) is 19.4. The zero-order valence-corrected chi connectivity index (χ0v) is 16.2. The summed E-state index contributed by atoms with van der Waals surface area (Å²) in [6.45, 7) is 0.768. The van der Waals surface area contributed by atoms with Gasteiger partial charge in [0.15, 0.2) is 11.5 Å². The van der Waals surface area contributed by atoms with E-state index in [1.165, 1.54) is 19.2 Å². The van der Waals surface area contributed by atoms with Crippen LogP contribution in [0.15, 0.2) is 47.4 Å². The van der Waals surface area contributed by atoms with E-state index < -0.39 is 15.9 Å². The molecule has 0 aliphatic carbocycles. The van der Waals surface area contributed by atoms with Crippen LogP contribution in [0.5, 0.6) is 11.5 Å². The fourth-order valence-corrected chi connectivity index (χ4v) is 3.78. The molecule has 0 saturated carbocycles. The van der Waals surface area contributed by atoms with Gasteiger partial charge in [0.2, 0.25) is 15.9 Å². The lowest BCUT2D eigenvalue weighted by Crippen LogP contribution is -2.38. The van der Waals surface area contributed by atoms with Crippen LogP contribution in [0.2, 0.25) is 5.02 Å². The van der Waals surface area contributed by atoms with Gasteiger partial charge < -0.3 is 14.8 Å². The van der Waals surface area contributed by atoms with Gasteiger partial charge >= 0.3 is 0 Å². The molecule has 1 aliphatic rings. The molecule has 0 aromatic heterocycles. The number of sulfonamides is 1. The zero-order valence-electron chi connectivity index (χ0n) is 14.6. The molecule has 7 nitrogen and oxygen atoms in total. The van der Waals surface area contributed by atoms with Crippen molar-refractivity contribution >= 4 is 27.5 Å². The highest BCUT2D eigenvalue weighted by Crippen LogP contribution is 2.32. The molecule has 0 atom stereocenters. The Bertz CT molecular complexity index is 931. The second kappa shape index (κ2) is 8.16. The van der Waals surface area contributed by atoms with Crippen LogP contribution in [-0.4, -0.2) is 45.4 Å². The minimum absolute atomic E-state index is 0.0414. The molecule has 1 heterocycles. The van der Waals surface area contributed by atoms with Crippen LogP contribution in [0.4, 0.5) is 0 Å². The Morgan fingerprint density at radius 3 is 2.48 bits per heavy atom. The summed E-state index contributed by atoms with van der Waals surface area (Å²) in [5, 5.41) is 3.30. The van der Waals surface area contributed by atoms with Crippen LogP contribution >= 0.6 is 11.6 Å². The van der Waals surface area contributed by atoms with E-state index >= 15 is 0 Å². The Balaban J connectivity index is 1.62. The lowest BCUT2D eigenvalue weighted by atomic mass is 10.2. The molecule has 144 valence electrons. The summed E-state index contributed by atoms with van der Waals surface area (Å²) in [6.07, 6.45) is 0. The normalized spacial score (nSPS) is 13.4. The third kappa shape index (κ3) is 4.71. The van der Waals surface area contributed by atoms with Crippen LogP contribution < -0.4 is 14.8 Å². The van der Waals surface area contributed by atoms with Gasteiger partial charge in [-0.3, -0.25) is 4.79 Å². The van der Waals surface area contributed by atoms with Gasteiger partial charge in [0.05, 0.1) is 11.4 Å². The van der Waals surface area contributed by atoms with Gasteiger partial charge in [-0.2, -0.15) is 4.31 Å². The molecule has 1 amide bonds. The van der Waals surface area contributed by atoms with Gasteiger partial charge in [0.1, 0.15) is 13.2 Å². The Kier molecular flexibility index (Phi) is 5.88. The lowest BCUT2D eigenvalue weighted by molar-refractivity contribution is -0.121. The van der Waals surface area contributed by atoms with Crippen LogP contribution in [0.1, 0.15) is 5.56 Å². The summed E-state index contributed by atoms with van der Waals surface area (Å²) in [6, 6.07) is 11.4. The molecule has 0 bridgehead atoms. The number of hydrogen-bond donors (Lipinski definition) is 1. The first-order chi connectivity index (χ1) is 12.9. The number of hydrogen-bond acceptors (Lipinski definition) is 5. The number of likely N-dealkylation sites (N-methyl/N-ethyl adjacent to an activating group) is 1.